The van der Waals surface area contributed by atoms with Crippen LogP contribution in [0.1, 0.15) is 44.5 Å². The van der Waals surface area contributed by atoms with Crippen molar-refractivity contribution in [1.29, 1.82) is 0 Å². The lowest BCUT2D eigenvalue weighted by atomic mass is 9.84. The molecule has 39 heavy (non-hydrogen) atoms. The Balaban J connectivity index is 1.83. The molecule has 1 unspecified atom stereocenters. The van der Waals surface area contributed by atoms with Crippen LogP contribution in [0.25, 0.3) is 33.1 Å². The maximum absolute atomic E-state index is 13.9. The van der Waals surface area contributed by atoms with E-state index in [4.69, 9.17) is 25.7 Å². The lowest BCUT2D eigenvalue weighted by molar-refractivity contribution is -0.183. The van der Waals surface area contributed by atoms with Crippen molar-refractivity contribution in [2.24, 2.45) is 0 Å². The Bertz CT molecular complexity index is 1750. The van der Waals surface area contributed by atoms with Gasteiger partial charge in [-0.1, -0.05) is 17.7 Å². The first-order valence-electron chi connectivity index (χ1n) is 12.3. The number of carboxylic acid groups (broad SMARTS) is 1. The number of carboxylic acids is 1. The first-order chi connectivity index (χ1) is 18.3. The molecule has 0 radical (unpaired) electrons. The number of hydrogen-bond acceptors (Lipinski definition) is 4. The van der Waals surface area contributed by atoms with Gasteiger partial charge in [-0.05, 0) is 70.5 Å². The van der Waals surface area contributed by atoms with Crippen molar-refractivity contribution in [2.75, 3.05) is 0 Å². The summed E-state index contributed by atoms with van der Waals surface area (Å²) < 4.78 is 41.0. The SMILES string of the molecule is Cc1nc2c(ccn2Cc2ccc(F)c(F)c2)c(-c2cc3ccoc3cc2Cl)c1C(C)(OC(C)(C)C)C(=O)O. The van der Waals surface area contributed by atoms with Crippen LogP contribution in [0.5, 0.6) is 0 Å². The molecule has 0 fully saturated rings. The third-order valence-electron chi connectivity index (χ3n) is 6.63. The summed E-state index contributed by atoms with van der Waals surface area (Å²) in [7, 11) is 0. The molecule has 5 aromatic rings. The second-order valence-corrected chi connectivity index (χ2v) is 11.1. The average Bonchev–Trinajstić information content (AvgIpc) is 3.45. The molecular formula is C30H27ClF2N2O4. The quantitative estimate of drug-likeness (QED) is 0.232. The summed E-state index contributed by atoms with van der Waals surface area (Å²) in [6, 6.07) is 10.9. The van der Waals surface area contributed by atoms with E-state index in [2.05, 4.69) is 0 Å². The maximum Gasteiger partial charge on any atom is 0.340 e. The molecule has 0 spiro atoms. The van der Waals surface area contributed by atoms with Gasteiger partial charge >= 0.3 is 5.97 Å². The molecule has 0 bridgehead atoms. The summed E-state index contributed by atoms with van der Waals surface area (Å²) in [4.78, 5) is 17.7. The zero-order valence-electron chi connectivity index (χ0n) is 22.1. The Morgan fingerprint density at radius 2 is 1.85 bits per heavy atom. The molecule has 2 aromatic carbocycles. The number of halogens is 3. The van der Waals surface area contributed by atoms with E-state index in [1.165, 1.54) is 13.0 Å². The van der Waals surface area contributed by atoms with Crippen molar-refractivity contribution in [2.45, 2.75) is 52.4 Å². The van der Waals surface area contributed by atoms with Gasteiger partial charge in [0.05, 0.1) is 16.9 Å². The third kappa shape index (κ3) is 4.79. The molecule has 1 atom stereocenters. The van der Waals surface area contributed by atoms with Gasteiger partial charge in [0.15, 0.2) is 17.2 Å². The summed E-state index contributed by atoms with van der Waals surface area (Å²) in [5.74, 6) is -3.04. The maximum atomic E-state index is 13.9. The van der Waals surface area contributed by atoms with Gasteiger partial charge < -0.3 is 18.8 Å². The predicted octanol–water partition coefficient (Wildman–Crippen LogP) is 7.85. The number of rotatable bonds is 6. The van der Waals surface area contributed by atoms with E-state index >= 15 is 0 Å². The standard InChI is InChI=1S/C30H27ClF2N2O4/c1-16-26(30(5,28(36)37)39-29(2,3)4)25(20-13-18-9-11-38-24(18)14-21(20)31)19-8-10-35(27(19)34-16)15-17-6-7-22(32)23(33)12-17/h6-14H,15H2,1-5H3,(H,36,37). The molecule has 3 heterocycles. The van der Waals surface area contributed by atoms with Crippen LogP contribution < -0.4 is 0 Å². The van der Waals surface area contributed by atoms with E-state index in [9.17, 15) is 18.7 Å². The van der Waals surface area contributed by atoms with Gasteiger partial charge in [0.2, 0.25) is 0 Å². The smallest absolute Gasteiger partial charge is 0.340 e. The molecule has 0 aliphatic heterocycles. The Morgan fingerprint density at radius 1 is 1.10 bits per heavy atom. The van der Waals surface area contributed by atoms with Crippen LogP contribution in [0.3, 0.4) is 0 Å². The van der Waals surface area contributed by atoms with Crippen LogP contribution in [-0.4, -0.2) is 26.2 Å². The van der Waals surface area contributed by atoms with Crippen LogP contribution >= 0.6 is 11.6 Å². The Kier molecular flexibility index (Phi) is 6.51. The summed E-state index contributed by atoms with van der Waals surface area (Å²) >= 11 is 6.80. The highest BCUT2D eigenvalue weighted by Crippen LogP contribution is 2.45. The van der Waals surface area contributed by atoms with Crippen molar-refractivity contribution in [3.8, 4) is 11.1 Å². The van der Waals surface area contributed by atoms with Gasteiger partial charge in [0.1, 0.15) is 11.2 Å². The fraction of sp³-hybridized carbons (Fsp3) is 0.267. The Morgan fingerprint density at radius 3 is 2.51 bits per heavy atom. The Hall–Kier alpha value is -3.75. The minimum Gasteiger partial charge on any atom is -0.479 e. The number of carbonyl (C=O) groups is 1. The first-order valence-corrected chi connectivity index (χ1v) is 12.7. The molecule has 0 saturated carbocycles. The molecule has 1 N–H and O–H groups in total. The number of fused-ring (bicyclic) bond motifs is 2. The average molecular weight is 553 g/mol. The number of benzene rings is 2. The highest BCUT2D eigenvalue weighted by molar-refractivity contribution is 6.34. The van der Waals surface area contributed by atoms with Crippen LogP contribution in [0.15, 0.2) is 59.3 Å². The number of ether oxygens (including phenoxy) is 1. The largest absolute Gasteiger partial charge is 0.479 e. The molecule has 0 amide bonds. The van der Waals surface area contributed by atoms with Crippen molar-refractivity contribution in [3.63, 3.8) is 0 Å². The molecular weight excluding hydrogens is 526 g/mol. The summed E-state index contributed by atoms with van der Waals surface area (Å²) in [6.07, 6.45) is 3.33. The zero-order chi connectivity index (χ0) is 28.3. The van der Waals surface area contributed by atoms with Crippen LogP contribution in [0.2, 0.25) is 5.02 Å². The second-order valence-electron chi connectivity index (χ2n) is 10.7. The van der Waals surface area contributed by atoms with E-state index in [-0.39, 0.29) is 6.54 Å². The molecule has 9 heteroatoms. The normalized spacial score (nSPS) is 13.7. The fourth-order valence-electron chi connectivity index (χ4n) is 5.13. The van der Waals surface area contributed by atoms with Gasteiger partial charge in [-0.25, -0.2) is 18.6 Å². The van der Waals surface area contributed by atoms with Crippen molar-refractivity contribution < 1.29 is 27.8 Å². The van der Waals surface area contributed by atoms with Crippen molar-refractivity contribution in [1.82, 2.24) is 9.55 Å². The van der Waals surface area contributed by atoms with Gasteiger partial charge in [-0.15, -0.1) is 0 Å². The van der Waals surface area contributed by atoms with E-state index in [1.54, 1.807) is 56.9 Å². The number of aromatic nitrogens is 2. The number of nitrogens with zero attached hydrogens (tertiary/aromatic N) is 2. The minimum absolute atomic E-state index is 0.217. The fourth-order valence-corrected chi connectivity index (χ4v) is 5.38. The lowest BCUT2D eigenvalue weighted by Crippen LogP contribution is -2.43. The van der Waals surface area contributed by atoms with Crippen LogP contribution in [0.4, 0.5) is 8.78 Å². The van der Waals surface area contributed by atoms with Crippen molar-refractivity contribution in [3.05, 3.63) is 88.4 Å². The van der Waals surface area contributed by atoms with E-state index < -0.39 is 28.8 Å². The number of aryl methyl sites for hydroxylation is 1. The first kappa shape index (κ1) is 26.8. The molecule has 5 rings (SSSR count). The lowest BCUT2D eigenvalue weighted by Gasteiger charge is -2.36. The van der Waals surface area contributed by atoms with Crippen molar-refractivity contribution >= 4 is 39.6 Å². The van der Waals surface area contributed by atoms with Crippen LogP contribution in [0, 0.1) is 18.6 Å². The number of pyridine rings is 1. The highest BCUT2D eigenvalue weighted by Gasteiger charge is 2.44. The van der Waals surface area contributed by atoms with Gasteiger partial charge in [-0.2, -0.15) is 0 Å². The minimum atomic E-state index is -1.78. The molecule has 3 aromatic heterocycles. The third-order valence-corrected chi connectivity index (χ3v) is 6.95. The van der Waals surface area contributed by atoms with E-state index in [0.717, 1.165) is 17.5 Å². The van der Waals surface area contributed by atoms with Gasteiger partial charge in [0, 0.05) is 52.0 Å². The second kappa shape index (κ2) is 9.47. The number of aliphatic carboxylic acids is 1. The topological polar surface area (TPSA) is 77.5 Å². The molecule has 0 aliphatic carbocycles. The number of furan rings is 1. The monoisotopic (exact) mass is 552 g/mol. The molecule has 202 valence electrons. The van der Waals surface area contributed by atoms with E-state index in [0.29, 0.717) is 49.6 Å². The van der Waals surface area contributed by atoms with E-state index in [1.807, 2.05) is 12.1 Å². The predicted molar refractivity (Wildman–Crippen MR) is 146 cm³/mol. The summed E-state index contributed by atoms with van der Waals surface area (Å²) in [6.45, 7) is 8.83. The number of hydrogen-bond donors (Lipinski definition) is 1. The summed E-state index contributed by atoms with van der Waals surface area (Å²) in [5.41, 5.74) is 1.03. The zero-order valence-corrected chi connectivity index (χ0v) is 22.9. The van der Waals surface area contributed by atoms with Gasteiger partial charge in [0.25, 0.3) is 0 Å². The highest BCUT2D eigenvalue weighted by atomic mass is 35.5. The molecule has 0 aliphatic rings. The summed E-state index contributed by atoms with van der Waals surface area (Å²) in [5, 5.41) is 12.3. The molecule has 6 nitrogen and oxygen atoms in total. The van der Waals surface area contributed by atoms with Gasteiger partial charge in [-0.3, -0.25) is 0 Å². The molecule has 0 saturated heterocycles. The Labute approximate surface area is 228 Å². The van der Waals surface area contributed by atoms with Crippen LogP contribution in [-0.2, 0) is 21.7 Å².